The highest BCUT2D eigenvalue weighted by Crippen LogP contribution is 2.79. The fourth-order valence-corrected chi connectivity index (χ4v) is 18.2. The number of nitrogens with zero attached hydrogens (tertiary/aromatic N) is 4. The molecule has 0 bridgehead atoms. The van der Waals surface area contributed by atoms with E-state index in [2.05, 4.69) is 61.0 Å². The van der Waals surface area contributed by atoms with Crippen molar-refractivity contribution in [3.05, 3.63) is 0 Å². The first-order valence-corrected chi connectivity index (χ1v) is 18.8. The van der Waals surface area contributed by atoms with Gasteiger partial charge in [0.1, 0.15) is 0 Å². The van der Waals surface area contributed by atoms with Crippen LogP contribution in [0.1, 0.15) is 0 Å². The van der Waals surface area contributed by atoms with Gasteiger partial charge in [-0.1, -0.05) is 0 Å². The Labute approximate surface area is 201 Å². The maximum atomic E-state index is 5.29. The second kappa shape index (κ2) is 15.2. The molecule has 0 saturated carbocycles. The van der Waals surface area contributed by atoms with E-state index >= 15 is 0 Å². The van der Waals surface area contributed by atoms with Gasteiger partial charge in [0, 0.05) is 0 Å². The lowest BCUT2D eigenvalue weighted by molar-refractivity contribution is 1.02. The second-order valence-corrected chi connectivity index (χ2v) is 20.5. The van der Waals surface area contributed by atoms with E-state index in [1.165, 1.54) is 0 Å². The minimum Gasteiger partial charge on any atom is -0.260 e. The van der Waals surface area contributed by atoms with Crippen LogP contribution in [0.15, 0.2) is 18.1 Å². The molecule has 33 heavy (non-hydrogen) atoms. The minimum absolute atomic E-state index is 1.85. The summed E-state index contributed by atoms with van der Waals surface area (Å²) in [6.45, 7) is 0. The first-order valence-electron chi connectivity index (χ1n) is 10.3. The molecular weight excluding hydrogens is 523 g/mol. The van der Waals surface area contributed by atoms with Crippen LogP contribution in [-0.4, -0.2) is 84.6 Å². The molecule has 0 radical (unpaired) electrons. The van der Waals surface area contributed by atoms with Crippen LogP contribution in [-0.2, 0) is 0 Å². The molecule has 0 fully saturated rings. The summed E-state index contributed by atoms with van der Waals surface area (Å²) in [6.07, 6.45) is 0. The Morgan fingerprint density at radius 2 is 0.424 bits per heavy atom. The zero-order chi connectivity index (χ0) is 25.8. The third-order valence-electron chi connectivity index (χ3n) is 4.90. The van der Waals surface area contributed by atoms with Crippen molar-refractivity contribution in [2.75, 3.05) is 84.6 Å². The third kappa shape index (κ3) is 8.45. The highest BCUT2D eigenvalue weighted by Gasteiger charge is 2.50. The first-order chi connectivity index (χ1) is 15.6. The highest BCUT2D eigenvalue weighted by molar-refractivity contribution is 7.88. The second-order valence-electron chi connectivity index (χ2n) is 6.12. The molecule has 0 saturated heterocycles. The van der Waals surface area contributed by atoms with E-state index in [9.17, 15) is 0 Å². The molecular formula is C12H48N16P5+. The van der Waals surface area contributed by atoms with Crippen molar-refractivity contribution in [3.63, 3.8) is 0 Å². The Hall–Kier alpha value is 0.870. The molecule has 0 spiro atoms. The van der Waals surface area contributed by atoms with Crippen LogP contribution in [0.4, 0.5) is 0 Å². The molecule has 0 amide bonds. The molecule has 21 heteroatoms. The van der Waals surface area contributed by atoms with E-state index in [0.29, 0.717) is 0 Å². The zero-order valence-electron chi connectivity index (χ0n) is 22.0. The smallest absolute Gasteiger partial charge is 0.260 e. The van der Waals surface area contributed by atoms with Crippen molar-refractivity contribution >= 4 is 37.9 Å². The van der Waals surface area contributed by atoms with Gasteiger partial charge >= 0.3 is 7.87 Å². The van der Waals surface area contributed by atoms with Gasteiger partial charge in [-0.25, -0.2) is 0 Å². The van der Waals surface area contributed by atoms with Crippen molar-refractivity contribution in [2.45, 2.75) is 0 Å². The van der Waals surface area contributed by atoms with Crippen LogP contribution in [0, 0.1) is 0 Å². The van der Waals surface area contributed by atoms with Gasteiger partial charge < -0.3 is 0 Å². The summed E-state index contributed by atoms with van der Waals surface area (Å²) in [7, 11) is 9.10. The molecule has 12 N–H and O–H groups in total. The molecule has 200 valence electrons. The van der Waals surface area contributed by atoms with E-state index in [-0.39, 0.29) is 0 Å². The Bertz CT molecular complexity index is 602. The standard InChI is InChI=1S/C12H48N16P5/c1-13-29(14-2,15-3)25-33(26-30(16-4,17-5)18-6,27-31(19-7,20-8)21-9)28-32(22-10,23-11)24-12/h13-24H,1-12H3/q+1. The number of rotatable bonds is 16. The number of hydrogen-bond acceptors (Lipinski definition) is 4. The van der Waals surface area contributed by atoms with E-state index in [0.717, 1.165) is 0 Å². The summed E-state index contributed by atoms with van der Waals surface area (Å²) < 4.78 is 21.2. The maximum absolute atomic E-state index is 5.29. The molecule has 0 aromatic rings. The average molecular weight is 571 g/mol. The van der Waals surface area contributed by atoms with Crippen LogP contribution < -0.4 is 61.0 Å². The van der Waals surface area contributed by atoms with Gasteiger partial charge in [-0.2, -0.15) is 0 Å². The Kier molecular flexibility index (Phi) is 15.6. The molecule has 0 unspecified atom stereocenters. The van der Waals surface area contributed by atoms with Crippen molar-refractivity contribution in [2.24, 2.45) is 18.1 Å². The summed E-state index contributed by atoms with van der Waals surface area (Å²) >= 11 is 0. The normalized spacial score (nSPS) is 13.7. The largest absolute Gasteiger partial charge is 0.502 e. The van der Waals surface area contributed by atoms with Gasteiger partial charge in [-0.15, -0.1) is 0 Å². The Morgan fingerprint density at radius 1 is 0.303 bits per heavy atom. The Morgan fingerprint density at radius 3 is 0.515 bits per heavy atom. The van der Waals surface area contributed by atoms with Crippen LogP contribution in [0.3, 0.4) is 0 Å². The predicted molar refractivity (Wildman–Crippen MR) is 153 cm³/mol. The molecule has 0 aromatic heterocycles. The predicted octanol–water partition coefficient (Wildman–Crippen LogP) is 1.08. The lowest BCUT2D eigenvalue weighted by Gasteiger charge is -2.28. The fourth-order valence-electron chi connectivity index (χ4n) is 2.71. The summed E-state index contributed by atoms with van der Waals surface area (Å²) in [6, 6.07) is 0. The monoisotopic (exact) mass is 571 g/mol. The summed E-state index contributed by atoms with van der Waals surface area (Å²) in [5, 5.41) is 39.8. The van der Waals surface area contributed by atoms with Gasteiger partial charge in [-0.3, -0.25) is 61.0 Å². The highest BCUT2D eigenvalue weighted by atomic mass is 31.3. The SMILES string of the molecule is CNP(=N[P+](N=P(NC)(NC)NC)(N=P(NC)(NC)NC)N=P(NC)(NC)NC)(NC)NC. The minimum atomic E-state index is -3.23. The summed E-state index contributed by atoms with van der Waals surface area (Å²) in [5.41, 5.74) is 0. The molecule has 0 rings (SSSR count). The van der Waals surface area contributed by atoms with E-state index in [1.807, 2.05) is 84.6 Å². The summed E-state index contributed by atoms with van der Waals surface area (Å²) in [4.78, 5) is 0. The molecule has 16 nitrogen and oxygen atoms in total. The van der Waals surface area contributed by atoms with Crippen LogP contribution in [0.25, 0.3) is 0 Å². The molecule has 0 aromatic carbocycles. The van der Waals surface area contributed by atoms with Crippen LogP contribution in [0.2, 0.25) is 0 Å². The molecule has 0 heterocycles. The lowest BCUT2D eigenvalue weighted by atomic mass is 11.6. The van der Waals surface area contributed by atoms with Gasteiger partial charge in [0.05, 0.1) is 0 Å². The lowest BCUT2D eigenvalue weighted by Crippen LogP contribution is -2.29. The molecule has 0 aliphatic rings. The fraction of sp³-hybridized carbons (Fsp3) is 1.00. The topological polar surface area (TPSA) is 194 Å². The van der Waals surface area contributed by atoms with Crippen molar-refractivity contribution in [1.29, 1.82) is 0 Å². The van der Waals surface area contributed by atoms with Gasteiger partial charge in [0.25, 0.3) is 0 Å². The maximum Gasteiger partial charge on any atom is 0.502 e. The summed E-state index contributed by atoms with van der Waals surface area (Å²) in [5.74, 6) is 0. The van der Waals surface area contributed by atoms with Gasteiger partial charge in [-0.05, 0) is 103 Å². The van der Waals surface area contributed by atoms with E-state index in [1.54, 1.807) is 0 Å². The quantitative estimate of drug-likeness (QED) is 0.118. The first kappa shape index (κ1) is 33.9. The average Bonchev–Trinajstić information content (AvgIpc) is 2.88. The van der Waals surface area contributed by atoms with Crippen molar-refractivity contribution in [1.82, 2.24) is 61.0 Å². The zero-order valence-corrected chi connectivity index (χ0v) is 26.5. The van der Waals surface area contributed by atoms with Gasteiger partial charge in [0.2, 0.25) is 30.0 Å². The Balaban J connectivity index is 8.32. The van der Waals surface area contributed by atoms with Crippen LogP contribution in [0.5, 0.6) is 0 Å². The third-order valence-corrected chi connectivity index (χ3v) is 20.8. The van der Waals surface area contributed by atoms with Crippen molar-refractivity contribution in [3.8, 4) is 0 Å². The van der Waals surface area contributed by atoms with Crippen LogP contribution >= 0.6 is 37.9 Å². The van der Waals surface area contributed by atoms with Gasteiger partial charge in [0.15, 0.2) is 0 Å². The van der Waals surface area contributed by atoms with E-state index in [4.69, 9.17) is 18.1 Å². The molecule has 0 aliphatic carbocycles. The molecule has 0 aliphatic heterocycles. The van der Waals surface area contributed by atoms with Crippen molar-refractivity contribution < 1.29 is 0 Å². The molecule has 0 atom stereocenters. The van der Waals surface area contributed by atoms with E-state index < -0.39 is 37.9 Å². The number of hydrogen-bond donors (Lipinski definition) is 12. The number of nitrogens with one attached hydrogen (secondary N) is 12.